The molecule has 1 saturated heterocycles. The highest BCUT2D eigenvalue weighted by Crippen LogP contribution is 2.26. The van der Waals surface area contributed by atoms with Gasteiger partial charge in [0.25, 0.3) is 11.8 Å². The van der Waals surface area contributed by atoms with Crippen molar-refractivity contribution in [2.75, 3.05) is 13.1 Å². The molecule has 3 atom stereocenters. The molecule has 2 unspecified atom stereocenters. The summed E-state index contributed by atoms with van der Waals surface area (Å²) in [5.74, 6) is -3.51. The minimum absolute atomic E-state index is 0.0160. The number of rotatable bonds is 12. The van der Waals surface area contributed by atoms with Crippen LogP contribution in [0.25, 0.3) is 0 Å². The second-order valence-corrected chi connectivity index (χ2v) is 14.1. The summed E-state index contributed by atoms with van der Waals surface area (Å²) in [6.45, 7) is 19.4. The molecule has 0 spiro atoms. The average molecular weight is 746 g/mol. The first-order chi connectivity index (χ1) is 25.3. The summed E-state index contributed by atoms with van der Waals surface area (Å²) in [4.78, 5) is 86.0. The topological polar surface area (TPSA) is 180 Å². The lowest BCUT2D eigenvalue weighted by molar-refractivity contribution is -0.145. The predicted octanol–water partition coefficient (Wildman–Crippen LogP) is 5.67. The van der Waals surface area contributed by atoms with Crippen molar-refractivity contribution in [3.8, 4) is 0 Å². The number of hydrogen-bond acceptors (Lipinski definition) is 8. The minimum atomic E-state index is -0.987. The largest absolute Gasteiger partial charge is 0.347 e. The van der Waals surface area contributed by atoms with Crippen molar-refractivity contribution >= 4 is 35.3 Å². The molecule has 1 aromatic rings. The van der Waals surface area contributed by atoms with E-state index in [2.05, 4.69) is 45.1 Å². The zero-order valence-corrected chi connectivity index (χ0v) is 34.4. The van der Waals surface area contributed by atoms with Crippen LogP contribution in [0.15, 0.2) is 18.6 Å². The van der Waals surface area contributed by atoms with Crippen LogP contribution in [-0.4, -0.2) is 87.4 Å². The fraction of sp³-hybridized carbons (Fsp3) is 0.750. The van der Waals surface area contributed by atoms with Gasteiger partial charge in [-0.2, -0.15) is 0 Å². The number of nitrogens with one attached hydrogen (secondary N) is 4. The number of hydrogen-bond donors (Lipinski definition) is 4. The Bertz CT molecular complexity index is 1220. The molecule has 2 heterocycles. The zero-order valence-electron chi connectivity index (χ0n) is 34.4. The molecular formula is C40H71N7O6. The maximum atomic E-state index is 13.7. The molecule has 0 aromatic carbocycles. The first-order valence-electron chi connectivity index (χ1n) is 20.1. The van der Waals surface area contributed by atoms with Crippen molar-refractivity contribution in [3.63, 3.8) is 0 Å². The van der Waals surface area contributed by atoms with Crippen molar-refractivity contribution in [1.29, 1.82) is 0 Å². The average Bonchev–Trinajstić information content (AvgIpc) is 3.85. The van der Waals surface area contributed by atoms with E-state index in [0.29, 0.717) is 32.2 Å². The standard InChI is InChI=1S/C27H39N7O6.C6H12.C3H8.2C2H6/c1-5-7-17(21(36)25(39)31-16-9-10-16)32-24(38)19-8-6-13-34(19)26(40)22(27(2,3)4)33-20(35)15-30-23(37)18-14-28-11-12-29-18;1-2-4-6-5-3-1;1-3-2;2*1-2/h11-12,14,16-17,19,22H,5-10,13,15H2,1-4H3,(H,30,37)(H,31,39)(H,32,38)(H,33,35);1-6H2;3H2,1-2H3;2*1-2H3/t17-,19?,22?;;;;/m0..../s1. The van der Waals surface area contributed by atoms with Crippen LogP contribution in [0.4, 0.5) is 0 Å². The van der Waals surface area contributed by atoms with E-state index in [4.69, 9.17) is 0 Å². The molecule has 0 bridgehead atoms. The van der Waals surface area contributed by atoms with Crippen molar-refractivity contribution in [3.05, 3.63) is 24.3 Å². The van der Waals surface area contributed by atoms with E-state index in [-0.39, 0.29) is 18.3 Å². The molecule has 3 fully saturated rings. The second-order valence-electron chi connectivity index (χ2n) is 14.1. The van der Waals surface area contributed by atoms with Gasteiger partial charge in [-0.25, -0.2) is 4.98 Å². The van der Waals surface area contributed by atoms with E-state index in [1.165, 1.54) is 68.4 Å². The van der Waals surface area contributed by atoms with Gasteiger partial charge in [-0.3, -0.25) is 33.8 Å². The van der Waals surface area contributed by atoms with Gasteiger partial charge >= 0.3 is 0 Å². The Labute approximate surface area is 319 Å². The van der Waals surface area contributed by atoms with Gasteiger partial charge in [0.15, 0.2) is 0 Å². The lowest BCUT2D eigenvalue weighted by Crippen LogP contribution is -2.59. The quantitative estimate of drug-likeness (QED) is 0.198. The summed E-state index contributed by atoms with van der Waals surface area (Å²) in [5, 5.41) is 10.5. The summed E-state index contributed by atoms with van der Waals surface area (Å²) in [6, 6.07) is -2.80. The summed E-state index contributed by atoms with van der Waals surface area (Å²) in [5.41, 5.74) is -0.665. The molecule has 13 nitrogen and oxygen atoms in total. The van der Waals surface area contributed by atoms with Gasteiger partial charge in [0.05, 0.1) is 18.8 Å². The highest BCUT2D eigenvalue weighted by Gasteiger charge is 2.43. The normalized spacial score (nSPS) is 17.1. The predicted molar refractivity (Wildman–Crippen MR) is 210 cm³/mol. The van der Waals surface area contributed by atoms with Gasteiger partial charge in [-0.15, -0.1) is 0 Å². The lowest BCUT2D eigenvalue weighted by atomic mass is 9.85. The molecule has 2 saturated carbocycles. The maximum Gasteiger partial charge on any atom is 0.289 e. The molecule has 1 aliphatic heterocycles. The molecule has 1 aromatic heterocycles. The minimum Gasteiger partial charge on any atom is -0.347 e. The molecule has 2 aliphatic carbocycles. The van der Waals surface area contributed by atoms with E-state index >= 15 is 0 Å². The van der Waals surface area contributed by atoms with Gasteiger partial charge in [0, 0.05) is 25.0 Å². The maximum absolute atomic E-state index is 13.7. The second kappa shape index (κ2) is 27.7. The molecule has 5 amide bonds. The smallest absolute Gasteiger partial charge is 0.289 e. The fourth-order valence-corrected chi connectivity index (χ4v) is 5.53. The van der Waals surface area contributed by atoms with E-state index < -0.39 is 58.9 Å². The summed E-state index contributed by atoms with van der Waals surface area (Å²) in [6.07, 6.45) is 17.8. The zero-order chi connectivity index (χ0) is 40.4. The number of nitrogens with zero attached hydrogens (tertiary/aromatic N) is 3. The Morgan fingerprint density at radius 3 is 1.87 bits per heavy atom. The molecule has 4 N–H and O–H groups in total. The Morgan fingerprint density at radius 2 is 1.40 bits per heavy atom. The van der Waals surface area contributed by atoms with Crippen LogP contribution in [0.2, 0.25) is 0 Å². The monoisotopic (exact) mass is 746 g/mol. The van der Waals surface area contributed by atoms with E-state index in [0.717, 1.165) is 12.8 Å². The highest BCUT2D eigenvalue weighted by atomic mass is 16.2. The van der Waals surface area contributed by atoms with Crippen LogP contribution in [-0.2, 0) is 24.0 Å². The third kappa shape index (κ3) is 19.1. The van der Waals surface area contributed by atoms with Gasteiger partial charge in [-0.1, -0.05) is 121 Å². The Balaban J connectivity index is 0.00000179. The van der Waals surface area contributed by atoms with Gasteiger partial charge < -0.3 is 26.2 Å². The van der Waals surface area contributed by atoms with Crippen LogP contribution in [0.1, 0.15) is 163 Å². The third-order valence-electron chi connectivity index (χ3n) is 8.31. The van der Waals surface area contributed by atoms with Crippen LogP contribution in [0.5, 0.6) is 0 Å². The number of Topliss-reactive ketones (excluding diaryl/α,β-unsaturated/α-hetero) is 1. The molecule has 13 heteroatoms. The van der Waals surface area contributed by atoms with Crippen LogP contribution < -0.4 is 21.3 Å². The molecule has 302 valence electrons. The van der Waals surface area contributed by atoms with Crippen molar-refractivity contribution in [2.24, 2.45) is 5.41 Å². The first kappa shape index (κ1) is 49.1. The lowest BCUT2D eigenvalue weighted by Gasteiger charge is -2.35. The highest BCUT2D eigenvalue weighted by molar-refractivity contribution is 6.38. The summed E-state index contributed by atoms with van der Waals surface area (Å²) >= 11 is 0. The number of likely N-dealkylation sites (tertiary alicyclic amines) is 1. The fourth-order valence-electron chi connectivity index (χ4n) is 5.53. The van der Waals surface area contributed by atoms with Crippen LogP contribution >= 0.6 is 0 Å². The van der Waals surface area contributed by atoms with Gasteiger partial charge in [0.2, 0.25) is 23.5 Å². The van der Waals surface area contributed by atoms with E-state index in [1.54, 1.807) is 20.8 Å². The third-order valence-corrected chi connectivity index (χ3v) is 8.31. The Kier molecular flexibility index (Phi) is 25.6. The summed E-state index contributed by atoms with van der Waals surface area (Å²) in [7, 11) is 0. The molecule has 4 rings (SSSR count). The van der Waals surface area contributed by atoms with Gasteiger partial charge in [0.1, 0.15) is 17.8 Å². The van der Waals surface area contributed by atoms with Crippen molar-refractivity contribution in [1.82, 2.24) is 36.1 Å². The molecular weight excluding hydrogens is 674 g/mol. The van der Waals surface area contributed by atoms with E-state index in [1.807, 2.05) is 34.6 Å². The molecule has 53 heavy (non-hydrogen) atoms. The number of carbonyl (C=O) groups is 6. The number of carbonyl (C=O) groups excluding carboxylic acids is 6. The van der Waals surface area contributed by atoms with Crippen molar-refractivity contribution < 1.29 is 28.8 Å². The van der Waals surface area contributed by atoms with Crippen LogP contribution in [0, 0.1) is 5.41 Å². The van der Waals surface area contributed by atoms with Crippen molar-refractivity contribution in [2.45, 2.75) is 177 Å². The number of amides is 5. The molecule has 0 radical (unpaired) electrons. The van der Waals surface area contributed by atoms with Gasteiger partial charge in [-0.05, 0) is 37.5 Å². The van der Waals surface area contributed by atoms with E-state index in [9.17, 15) is 28.8 Å². The molecule has 3 aliphatic rings. The summed E-state index contributed by atoms with van der Waals surface area (Å²) < 4.78 is 0. The SMILES string of the molecule is C1CCCCC1.CC.CC.CCC.CCC[C@H](NC(=O)C1CCCN1C(=O)C(NC(=O)CNC(=O)c1cnccn1)C(C)(C)C)C(=O)C(=O)NC1CC1. The number of aromatic nitrogens is 2. The first-order valence-corrected chi connectivity index (χ1v) is 20.1. The number of ketones is 1. The Hall–Kier alpha value is -3.90. The van der Waals surface area contributed by atoms with Crippen LogP contribution in [0.3, 0.4) is 0 Å². The Morgan fingerprint density at radius 1 is 0.830 bits per heavy atom.